The summed E-state index contributed by atoms with van der Waals surface area (Å²) in [5, 5.41) is 13.2. The fourth-order valence-electron chi connectivity index (χ4n) is 1.99. The Balaban J connectivity index is 1.79. The molecule has 2 aromatic heterocycles. The zero-order valence-electron chi connectivity index (χ0n) is 11.5. The summed E-state index contributed by atoms with van der Waals surface area (Å²) in [6, 6.07) is 11.1. The Morgan fingerprint density at radius 2 is 2.14 bits per heavy atom. The van der Waals surface area contributed by atoms with E-state index < -0.39 is 0 Å². The summed E-state index contributed by atoms with van der Waals surface area (Å²) >= 11 is 0. The van der Waals surface area contributed by atoms with E-state index in [-0.39, 0.29) is 11.6 Å². The fourth-order valence-corrected chi connectivity index (χ4v) is 1.99. The van der Waals surface area contributed by atoms with Crippen molar-refractivity contribution in [2.45, 2.75) is 13.3 Å². The molecule has 1 aromatic carbocycles. The molecule has 0 spiro atoms. The SMILES string of the molecule is CCc1cn[nH]c1NC(=O)c1cc(-c2ccccc2)on1. The summed E-state index contributed by atoms with van der Waals surface area (Å²) in [5.41, 5.74) is 2.04. The first-order chi connectivity index (χ1) is 10.3. The predicted molar refractivity (Wildman–Crippen MR) is 77.9 cm³/mol. The van der Waals surface area contributed by atoms with Crippen LogP contribution in [0.5, 0.6) is 0 Å². The van der Waals surface area contributed by atoms with E-state index >= 15 is 0 Å². The van der Waals surface area contributed by atoms with Gasteiger partial charge in [0, 0.05) is 17.2 Å². The Kier molecular flexibility index (Phi) is 3.51. The molecule has 0 aliphatic heterocycles. The number of aryl methyl sites for hydroxylation is 1. The summed E-state index contributed by atoms with van der Waals surface area (Å²) in [5.74, 6) is 0.813. The van der Waals surface area contributed by atoms with Crippen molar-refractivity contribution < 1.29 is 9.32 Å². The van der Waals surface area contributed by atoms with Gasteiger partial charge in [-0.2, -0.15) is 5.10 Å². The van der Waals surface area contributed by atoms with Crippen LogP contribution in [0.1, 0.15) is 23.0 Å². The molecule has 106 valence electrons. The standard InChI is InChI=1S/C15H14N4O2/c1-2-10-9-16-18-14(10)17-15(20)12-8-13(21-19-12)11-6-4-3-5-7-11/h3-9H,2H2,1H3,(H2,16,17,18,20). The largest absolute Gasteiger partial charge is 0.355 e. The first-order valence-corrected chi connectivity index (χ1v) is 6.63. The molecular formula is C15H14N4O2. The average molecular weight is 282 g/mol. The molecule has 0 saturated heterocycles. The van der Waals surface area contributed by atoms with Crippen LogP contribution in [-0.2, 0) is 6.42 Å². The molecule has 3 aromatic rings. The molecule has 0 radical (unpaired) electrons. The van der Waals surface area contributed by atoms with Gasteiger partial charge in [-0.3, -0.25) is 9.89 Å². The second-order valence-electron chi connectivity index (χ2n) is 4.52. The van der Waals surface area contributed by atoms with Crippen molar-refractivity contribution in [2.75, 3.05) is 5.32 Å². The molecule has 2 heterocycles. The van der Waals surface area contributed by atoms with Gasteiger partial charge in [0.2, 0.25) is 0 Å². The molecule has 6 heteroatoms. The van der Waals surface area contributed by atoms with E-state index in [0.29, 0.717) is 11.6 Å². The van der Waals surface area contributed by atoms with Gasteiger partial charge in [0.05, 0.1) is 6.20 Å². The number of H-pyrrole nitrogens is 1. The van der Waals surface area contributed by atoms with Crippen molar-refractivity contribution >= 4 is 11.7 Å². The van der Waals surface area contributed by atoms with Gasteiger partial charge in [0.25, 0.3) is 5.91 Å². The van der Waals surface area contributed by atoms with Gasteiger partial charge in [0.1, 0.15) is 5.82 Å². The van der Waals surface area contributed by atoms with Crippen LogP contribution in [0.2, 0.25) is 0 Å². The number of aromatic amines is 1. The monoisotopic (exact) mass is 282 g/mol. The lowest BCUT2D eigenvalue weighted by molar-refractivity contribution is 0.101. The normalized spacial score (nSPS) is 10.5. The molecule has 0 unspecified atom stereocenters. The molecule has 0 bridgehead atoms. The van der Waals surface area contributed by atoms with Gasteiger partial charge in [-0.15, -0.1) is 0 Å². The second-order valence-corrected chi connectivity index (χ2v) is 4.52. The number of amides is 1. The maximum Gasteiger partial charge on any atom is 0.279 e. The van der Waals surface area contributed by atoms with Gasteiger partial charge in [-0.1, -0.05) is 42.4 Å². The topological polar surface area (TPSA) is 83.8 Å². The fraction of sp³-hybridized carbons (Fsp3) is 0.133. The molecule has 3 rings (SSSR count). The summed E-state index contributed by atoms with van der Waals surface area (Å²) < 4.78 is 5.21. The zero-order chi connectivity index (χ0) is 14.7. The van der Waals surface area contributed by atoms with Crippen molar-refractivity contribution in [1.29, 1.82) is 0 Å². The maximum absolute atomic E-state index is 12.1. The van der Waals surface area contributed by atoms with E-state index in [1.54, 1.807) is 12.3 Å². The molecule has 0 fully saturated rings. The quantitative estimate of drug-likeness (QED) is 0.770. The molecular weight excluding hydrogens is 268 g/mol. The molecule has 0 aliphatic rings. The minimum absolute atomic E-state index is 0.227. The maximum atomic E-state index is 12.1. The van der Waals surface area contributed by atoms with Crippen LogP contribution in [0.4, 0.5) is 5.82 Å². The highest BCUT2D eigenvalue weighted by atomic mass is 16.5. The lowest BCUT2D eigenvalue weighted by atomic mass is 10.1. The minimum Gasteiger partial charge on any atom is -0.355 e. The van der Waals surface area contributed by atoms with E-state index in [9.17, 15) is 4.79 Å². The van der Waals surface area contributed by atoms with Gasteiger partial charge >= 0.3 is 0 Å². The van der Waals surface area contributed by atoms with E-state index in [1.165, 1.54) is 0 Å². The Morgan fingerprint density at radius 1 is 1.33 bits per heavy atom. The molecule has 2 N–H and O–H groups in total. The Labute approximate surface area is 121 Å². The lowest BCUT2D eigenvalue weighted by Gasteiger charge is -2.01. The molecule has 21 heavy (non-hydrogen) atoms. The number of hydrogen-bond donors (Lipinski definition) is 2. The second kappa shape index (κ2) is 5.62. The summed E-state index contributed by atoms with van der Waals surface area (Å²) in [7, 11) is 0. The van der Waals surface area contributed by atoms with Gasteiger partial charge in [-0.25, -0.2) is 0 Å². The van der Waals surface area contributed by atoms with Crippen LogP contribution >= 0.6 is 0 Å². The van der Waals surface area contributed by atoms with Crippen molar-refractivity contribution in [3.8, 4) is 11.3 Å². The molecule has 1 amide bonds. The van der Waals surface area contributed by atoms with E-state index in [0.717, 1.165) is 17.5 Å². The smallest absolute Gasteiger partial charge is 0.279 e. The number of nitrogens with zero attached hydrogens (tertiary/aromatic N) is 2. The minimum atomic E-state index is -0.333. The number of aromatic nitrogens is 3. The number of hydrogen-bond acceptors (Lipinski definition) is 4. The Bertz CT molecular complexity index is 746. The van der Waals surface area contributed by atoms with Gasteiger partial charge < -0.3 is 9.84 Å². The Hall–Kier alpha value is -2.89. The van der Waals surface area contributed by atoms with Crippen molar-refractivity contribution in [2.24, 2.45) is 0 Å². The highest BCUT2D eigenvalue weighted by molar-refractivity contribution is 6.03. The van der Waals surface area contributed by atoms with E-state index in [4.69, 9.17) is 4.52 Å². The molecule has 0 aliphatic carbocycles. The lowest BCUT2D eigenvalue weighted by Crippen LogP contribution is -2.13. The first-order valence-electron chi connectivity index (χ1n) is 6.63. The zero-order valence-corrected chi connectivity index (χ0v) is 11.5. The van der Waals surface area contributed by atoms with Gasteiger partial charge in [-0.05, 0) is 6.42 Å². The number of benzene rings is 1. The average Bonchev–Trinajstić information content (AvgIpc) is 3.17. The van der Waals surface area contributed by atoms with Crippen LogP contribution < -0.4 is 5.32 Å². The number of rotatable bonds is 4. The predicted octanol–water partition coefficient (Wildman–Crippen LogP) is 2.88. The molecule has 0 atom stereocenters. The van der Waals surface area contributed by atoms with Crippen LogP contribution in [0.3, 0.4) is 0 Å². The number of carbonyl (C=O) groups is 1. The van der Waals surface area contributed by atoms with Crippen LogP contribution in [0, 0.1) is 0 Å². The van der Waals surface area contributed by atoms with Crippen LogP contribution in [0.25, 0.3) is 11.3 Å². The summed E-state index contributed by atoms with van der Waals surface area (Å²) in [4.78, 5) is 12.1. The highest BCUT2D eigenvalue weighted by Gasteiger charge is 2.15. The van der Waals surface area contributed by atoms with Crippen molar-refractivity contribution in [3.05, 3.63) is 53.9 Å². The number of carbonyl (C=O) groups excluding carboxylic acids is 1. The summed E-state index contributed by atoms with van der Waals surface area (Å²) in [6.07, 6.45) is 2.47. The van der Waals surface area contributed by atoms with E-state index in [2.05, 4.69) is 20.7 Å². The van der Waals surface area contributed by atoms with Crippen LogP contribution in [0.15, 0.2) is 47.1 Å². The van der Waals surface area contributed by atoms with Crippen LogP contribution in [-0.4, -0.2) is 21.3 Å². The van der Waals surface area contributed by atoms with Gasteiger partial charge in [0.15, 0.2) is 11.5 Å². The third kappa shape index (κ3) is 2.69. The molecule has 0 saturated carbocycles. The third-order valence-electron chi connectivity index (χ3n) is 3.14. The van der Waals surface area contributed by atoms with Crippen molar-refractivity contribution in [1.82, 2.24) is 15.4 Å². The highest BCUT2D eigenvalue weighted by Crippen LogP contribution is 2.20. The van der Waals surface area contributed by atoms with E-state index in [1.807, 2.05) is 37.3 Å². The third-order valence-corrected chi connectivity index (χ3v) is 3.14. The number of anilines is 1. The van der Waals surface area contributed by atoms with Crippen molar-refractivity contribution in [3.63, 3.8) is 0 Å². The summed E-state index contributed by atoms with van der Waals surface area (Å²) in [6.45, 7) is 1.99. The molecule has 6 nitrogen and oxygen atoms in total. The Morgan fingerprint density at radius 3 is 2.90 bits per heavy atom. The first kappa shape index (κ1) is 13.1. The number of nitrogens with one attached hydrogen (secondary N) is 2.